The zero-order chi connectivity index (χ0) is 26.3. The molecule has 2 aromatic carbocycles. The Bertz CT molecular complexity index is 1470. The molecule has 0 saturated heterocycles. The lowest BCUT2D eigenvalue weighted by molar-refractivity contribution is -0.134. The number of carbonyl (C=O) groups excluding carboxylic acids is 1. The maximum atomic E-state index is 13.4. The zero-order valence-electron chi connectivity index (χ0n) is 19.8. The second-order valence-electron chi connectivity index (χ2n) is 8.57. The van der Waals surface area contributed by atoms with Crippen molar-refractivity contribution in [2.45, 2.75) is 32.0 Å². The van der Waals surface area contributed by atoms with Crippen molar-refractivity contribution >= 4 is 23.2 Å². The van der Waals surface area contributed by atoms with E-state index in [-0.39, 0.29) is 12.1 Å². The Morgan fingerprint density at radius 3 is 2.65 bits per heavy atom. The quantitative estimate of drug-likeness (QED) is 0.374. The molecule has 0 N–H and O–H groups in total. The van der Waals surface area contributed by atoms with Gasteiger partial charge in [-0.05, 0) is 55.7 Å². The highest BCUT2D eigenvalue weighted by molar-refractivity contribution is 6.30. The first-order valence-corrected chi connectivity index (χ1v) is 11.7. The molecular weight excluding hydrogens is 511 g/mol. The number of methoxy groups -OCH3 is 1. The summed E-state index contributed by atoms with van der Waals surface area (Å²) >= 11 is 6.08. The Balaban J connectivity index is 1.47. The highest BCUT2D eigenvalue weighted by Gasteiger charge is 2.39. The van der Waals surface area contributed by atoms with Crippen LogP contribution in [0.4, 0.5) is 18.9 Å². The lowest BCUT2D eigenvalue weighted by Crippen LogP contribution is -2.42. The zero-order valence-corrected chi connectivity index (χ0v) is 20.5. The van der Waals surface area contributed by atoms with Crippen LogP contribution in [0.2, 0.25) is 5.02 Å². The normalized spacial score (nSPS) is 16.0. The largest absolute Gasteiger partial charge is 0.494 e. The number of anilines is 1. The molecule has 0 spiro atoms. The molecule has 1 atom stereocenters. The Hall–Kier alpha value is -3.93. The number of amides is 1. The molecule has 2 aromatic heterocycles. The van der Waals surface area contributed by atoms with E-state index in [0.717, 1.165) is 4.90 Å². The summed E-state index contributed by atoms with van der Waals surface area (Å²) in [6.45, 7) is 0.354. The number of rotatable bonds is 5. The second kappa shape index (κ2) is 9.51. The average Bonchev–Trinajstić information content (AvgIpc) is 3.49. The summed E-state index contributed by atoms with van der Waals surface area (Å²) < 4.78 is 48.7. The molecule has 13 heteroatoms. The van der Waals surface area contributed by atoms with Gasteiger partial charge in [0.05, 0.1) is 13.3 Å². The lowest BCUT2D eigenvalue weighted by Gasteiger charge is -2.26. The summed E-state index contributed by atoms with van der Waals surface area (Å²) in [7, 11) is 1.52. The Morgan fingerprint density at radius 1 is 1.16 bits per heavy atom. The third kappa shape index (κ3) is 5.01. The third-order valence-electron chi connectivity index (χ3n) is 6.07. The van der Waals surface area contributed by atoms with Crippen molar-refractivity contribution in [2.75, 3.05) is 18.6 Å². The molecule has 0 fully saturated rings. The maximum Gasteiger partial charge on any atom is 0.406 e. The molecule has 1 unspecified atom stereocenters. The molecule has 192 valence electrons. The molecule has 5 rings (SSSR count). The molecule has 0 radical (unpaired) electrons. The monoisotopic (exact) mass is 531 g/mol. The molecule has 0 saturated carbocycles. The van der Waals surface area contributed by atoms with Crippen LogP contribution in [-0.2, 0) is 11.2 Å². The Labute approximate surface area is 214 Å². The van der Waals surface area contributed by atoms with Gasteiger partial charge in [0.25, 0.3) is 5.91 Å². The van der Waals surface area contributed by atoms with Gasteiger partial charge >= 0.3 is 6.18 Å². The van der Waals surface area contributed by atoms with E-state index in [2.05, 4.69) is 20.4 Å². The van der Waals surface area contributed by atoms with Gasteiger partial charge < -0.3 is 9.64 Å². The van der Waals surface area contributed by atoms with Crippen molar-refractivity contribution in [2.24, 2.45) is 0 Å². The first-order valence-electron chi connectivity index (χ1n) is 11.3. The van der Waals surface area contributed by atoms with E-state index in [0.29, 0.717) is 45.5 Å². The topological polar surface area (TPSA) is 91.0 Å². The van der Waals surface area contributed by atoms with Gasteiger partial charge in [-0.3, -0.25) is 4.79 Å². The number of benzene rings is 2. The van der Waals surface area contributed by atoms with E-state index in [1.165, 1.54) is 23.9 Å². The summed E-state index contributed by atoms with van der Waals surface area (Å²) in [6, 6.07) is 8.84. The van der Waals surface area contributed by atoms with E-state index in [1.807, 2.05) is 0 Å². The van der Waals surface area contributed by atoms with Crippen molar-refractivity contribution < 1.29 is 22.7 Å². The lowest BCUT2D eigenvalue weighted by atomic mass is 10.1. The predicted molar refractivity (Wildman–Crippen MR) is 129 cm³/mol. The minimum Gasteiger partial charge on any atom is -0.494 e. The van der Waals surface area contributed by atoms with Crippen LogP contribution in [0, 0.1) is 6.92 Å². The van der Waals surface area contributed by atoms with Crippen molar-refractivity contribution in [3.05, 3.63) is 65.3 Å². The van der Waals surface area contributed by atoms with Gasteiger partial charge in [-0.2, -0.15) is 18.3 Å². The maximum absolute atomic E-state index is 13.4. The van der Waals surface area contributed by atoms with Gasteiger partial charge in [-0.15, -0.1) is 5.10 Å². The fourth-order valence-electron chi connectivity index (χ4n) is 4.37. The number of alkyl halides is 3. The number of hydrogen-bond donors (Lipinski definition) is 0. The fourth-order valence-corrected chi connectivity index (χ4v) is 4.56. The standard InChI is InChI=1S/C24H21ClF3N7O2/c1-14-29-13-35(31-14)20-6-3-15(10-22(20)37-2)18-11-34(32-30-18)21-7-4-16-9-17(25)5-8-19(16)33(23(21)36)12-24(26,27)28/h3,5-6,8-11,13,21H,4,7,12H2,1-2H3. The first-order chi connectivity index (χ1) is 17.6. The van der Waals surface area contributed by atoms with Gasteiger partial charge in [-0.1, -0.05) is 22.9 Å². The highest BCUT2D eigenvalue weighted by atomic mass is 35.5. The Kier molecular flexibility index (Phi) is 6.36. The van der Waals surface area contributed by atoms with Gasteiger partial charge in [0, 0.05) is 16.3 Å². The third-order valence-corrected chi connectivity index (χ3v) is 6.30. The number of aryl methyl sites for hydroxylation is 2. The number of carbonyl (C=O) groups is 1. The van der Waals surface area contributed by atoms with Gasteiger partial charge in [-0.25, -0.2) is 14.3 Å². The summed E-state index contributed by atoms with van der Waals surface area (Å²) in [6.07, 6.45) is -0.896. The summed E-state index contributed by atoms with van der Waals surface area (Å²) in [5.74, 6) is 0.390. The molecule has 1 aliphatic heterocycles. The van der Waals surface area contributed by atoms with Crippen molar-refractivity contribution in [1.82, 2.24) is 29.8 Å². The van der Waals surface area contributed by atoms with Gasteiger partial charge in [0.15, 0.2) is 0 Å². The van der Waals surface area contributed by atoms with E-state index < -0.39 is 24.7 Å². The molecule has 1 aliphatic rings. The van der Waals surface area contributed by atoms with E-state index >= 15 is 0 Å². The fraction of sp³-hybridized carbons (Fsp3) is 0.292. The average molecular weight is 532 g/mol. The predicted octanol–water partition coefficient (Wildman–Crippen LogP) is 4.58. The molecular formula is C24H21ClF3N7O2. The van der Waals surface area contributed by atoms with Crippen LogP contribution in [0.1, 0.15) is 23.9 Å². The highest BCUT2D eigenvalue weighted by Crippen LogP contribution is 2.36. The second-order valence-corrected chi connectivity index (χ2v) is 9.01. The number of fused-ring (bicyclic) bond motifs is 1. The van der Waals surface area contributed by atoms with Crippen LogP contribution in [0.5, 0.6) is 5.75 Å². The van der Waals surface area contributed by atoms with Crippen molar-refractivity contribution in [1.29, 1.82) is 0 Å². The molecule has 0 aliphatic carbocycles. The van der Waals surface area contributed by atoms with Crippen LogP contribution in [0.15, 0.2) is 48.9 Å². The van der Waals surface area contributed by atoms with E-state index in [1.54, 1.807) is 48.4 Å². The number of hydrogen-bond acceptors (Lipinski definition) is 6. The number of ether oxygens (including phenoxy) is 1. The summed E-state index contributed by atoms with van der Waals surface area (Å²) in [5.41, 5.74) is 2.50. The first kappa shape index (κ1) is 24.8. The molecule has 3 heterocycles. The van der Waals surface area contributed by atoms with Crippen molar-refractivity contribution in [3.63, 3.8) is 0 Å². The van der Waals surface area contributed by atoms with Crippen LogP contribution in [-0.4, -0.2) is 55.5 Å². The van der Waals surface area contributed by atoms with Gasteiger partial charge in [0.1, 0.15) is 41.9 Å². The van der Waals surface area contributed by atoms with Crippen molar-refractivity contribution in [3.8, 4) is 22.7 Å². The van der Waals surface area contributed by atoms with Gasteiger partial charge in [0.2, 0.25) is 0 Å². The van der Waals surface area contributed by atoms with E-state index in [4.69, 9.17) is 16.3 Å². The number of halogens is 4. The summed E-state index contributed by atoms with van der Waals surface area (Å²) in [4.78, 5) is 18.3. The molecule has 1 amide bonds. The molecule has 4 aromatic rings. The Morgan fingerprint density at radius 2 is 1.95 bits per heavy atom. The smallest absolute Gasteiger partial charge is 0.406 e. The van der Waals surface area contributed by atoms with Crippen LogP contribution in [0.25, 0.3) is 16.9 Å². The minimum atomic E-state index is -4.59. The van der Waals surface area contributed by atoms with Crippen LogP contribution < -0.4 is 9.64 Å². The minimum absolute atomic E-state index is 0.193. The van der Waals surface area contributed by atoms with Crippen LogP contribution in [0.3, 0.4) is 0 Å². The molecule has 9 nitrogen and oxygen atoms in total. The number of nitrogens with zero attached hydrogens (tertiary/aromatic N) is 7. The van der Waals surface area contributed by atoms with E-state index in [9.17, 15) is 18.0 Å². The number of aromatic nitrogens is 6. The SMILES string of the molecule is COc1cc(-c2cn(C3CCc4cc(Cl)ccc4N(CC(F)(F)F)C3=O)nn2)ccc1-n1cnc(C)n1. The molecule has 37 heavy (non-hydrogen) atoms. The van der Waals surface area contributed by atoms with Crippen LogP contribution >= 0.6 is 11.6 Å². The molecule has 0 bridgehead atoms. The summed E-state index contributed by atoms with van der Waals surface area (Å²) in [5, 5.41) is 13.0.